The van der Waals surface area contributed by atoms with Crippen molar-refractivity contribution in [1.29, 1.82) is 0 Å². The molecule has 0 saturated carbocycles. The van der Waals surface area contributed by atoms with E-state index < -0.39 is 22.0 Å². The van der Waals surface area contributed by atoms with E-state index in [2.05, 4.69) is 5.32 Å². The number of hydrogen-bond donors (Lipinski definition) is 1. The van der Waals surface area contributed by atoms with Gasteiger partial charge in [0.2, 0.25) is 15.9 Å². The van der Waals surface area contributed by atoms with E-state index in [9.17, 15) is 13.2 Å². The third kappa shape index (κ3) is 4.91. The molecule has 0 bridgehead atoms. The van der Waals surface area contributed by atoms with E-state index in [-0.39, 0.29) is 0 Å². The molecule has 1 N–H and O–H groups in total. The first-order chi connectivity index (χ1) is 12.7. The Kier molecular flexibility index (Phi) is 6.32. The zero-order chi connectivity index (χ0) is 20.2. The third-order valence-corrected chi connectivity index (χ3v) is 5.27. The molecule has 0 aliphatic heterocycles. The van der Waals surface area contributed by atoms with Crippen LogP contribution >= 0.6 is 0 Å². The van der Waals surface area contributed by atoms with Crippen LogP contribution in [0.5, 0.6) is 11.5 Å². The Morgan fingerprint density at radius 2 is 1.70 bits per heavy atom. The van der Waals surface area contributed by atoms with Crippen molar-refractivity contribution in [2.45, 2.75) is 19.9 Å². The molecule has 0 aliphatic rings. The molecule has 0 aliphatic carbocycles. The van der Waals surface area contributed by atoms with Crippen LogP contribution in [0.1, 0.15) is 12.5 Å². The van der Waals surface area contributed by atoms with Gasteiger partial charge in [0.1, 0.15) is 17.5 Å². The maximum atomic E-state index is 12.8. The molecule has 0 heterocycles. The molecule has 0 saturated heterocycles. The minimum absolute atomic E-state index is 0.372. The first-order valence-corrected chi connectivity index (χ1v) is 10.1. The van der Waals surface area contributed by atoms with E-state index in [1.165, 1.54) is 21.1 Å². The van der Waals surface area contributed by atoms with Crippen LogP contribution in [0.3, 0.4) is 0 Å². The summed E-state index contributed by atoms with van der Waals surface area (Å²) in [5, 5.41) is 2.75. The summed E-state index contributed by atoms with van der Waals surface area (Å²) >= 11 is 0. The van der Waals surface area contributed by atoms with E-state index in [0.29, 0.717) is 22.9 Å². The SMILES string of the molecule is COc1ccc(N([C@@H](C)C(=O)Nc2cc(C)ccc2OC)S(C)(=O)=O)cc1. The van der Waals surface area contributed by atoms with Crippen LogP contribution in [0.15, 0.2) is 42.5 Å². The van der Waals surface area contributed by atoms with Gasteiger partial charge in [-0.2, -0.15) is 0 Å². The topological polar surface area (TPSA) is 84.9 Å². The van der Waals surface area contributed by atoms with Crippen LogP contribution in [0.2, 0.25) is 0 Å². The lowest BCUT2D eigenvalue weighted by molar-refractivity contribution is -0.116. The molecule has 2 rings (SSSR count). The largest absolute Gasteiger partial charge is 0.497 e. The van der Waals surface area contributed by atoms with Crippen molar-refractivity contribution in [3.05, 3.63) is 48.0 Å². The van der Waals surface area contributed by atoms with Crippen molar-refractivity contribution < 1.29 is 22.7 Å². The predicted molar refractivity (Wildman–Crippen MR) is 106 cm³/mol. The fourth-order valence-electron chi connectivity index (χ4n) is 2.69. The lowest BCUT2D eigenvalue weighted by Gasteiger charge is -2.28. The van der Waals surface area contributed by atoms with Gasteiger partial charge in [0.15, 0.2) is 0 Å². The van der Waals surface area contributed by atoms with Gasteiger partial charge in [-0.25, -0.2) is 8.42 Å². The van der Waals surface area contributed by atoms with Crippen LogP contribution in [-0.2, 0) is 14.8 Å². The van der Waals surface area contributed by atoms with Crippen molar-refractivity contribution >= 4 is 27.3 Å². The number of carbonyl (C=O) groups is 1. The number of benzene rings is 2. The van der Waals surface area contributed by atoms with E-state index in [4.69, 9.17) is 9.47 Å². The normalized spacial score (nSPS) is 12.2. The number of amides is 1. The van der Waals surface area contributed by atoms with Gasteiger partial charge in [-0.05, 0) is 55.8 Å². The Morgan fingerprint density at radius 1 is 1.07 bits per heavy atom. The standard InChI is InChI=1S/C19H24N2O5S/c1-13-6-11-18(26-4)17(12-13)20-19(22)14(2)21(27(5,23)24)15-7-9-16(25-3)10-8-15/h6-12,14H,1-5H3,(H,20,22)/t14-/m0/s1. The van der Waals surface area contributed by atoms with Crippen molar-refractivity contribution in [3.63, 3.8) is 0 Å². The molecule has 0 spiro atoms. The van der Waals surface area contributed by atoms with Gasteiger partial charge in [0.05, 0.1) is 31.9 Å². The quantitative estimate of drug-likeness (QED) is 0.783. The zero-order valence-corrected chi connectivity index (χ0v) is 16.8. The van der Waals surface area contributed by atoms with Crippen LogP contribution in [0.25, 0.3) is 0 Å². The lowest BCUT2D eigenvalue weighted by Crippen LogP contribution is -2.45. The highest BCUT2D eigenvalue weighted by Gasteiger charge is 2.29. The molecule has 0 unspecified atom stereocenters. The third-order valence-electron chi connectivity index (χ3n) is 4.03. The highest BCUT2D eigenvalue weighted by molar-refractivity contribution is 7.92. The highest BCUT2D eigenvalue weighted by Crippen LogP contribution is 2.27. The van der Waals surface area contributed by atoms with Crippen LogP contribution < -0.4 is 19.1 Å². The van der Waals surface area contributed by atoms with Gasteiger partial charge in [-0.1, -0.05) is 6.07 Å². The number of nitrogens with zero attached hydrogens (tertiary/aromatic N) is 1. The van der Waals surface area contributed by atoms with Crippen molar-refractivity contribution in [1.82, 2.24) is 0 Å². The van der Waals surface area contributed by atoms with Crippen LogP contribution in [-0.4, -0.2) is 40.8 Å². The zero-order valence-electron chi connectivity index (χ0n) is 16.0. The van der Waals surface area contributed by atoms with Gasteiger partial charge in [-0.3, -0.25) is 9.10 Å². The summed E-state index contributed by atoms with van der Waals surface area (Å²) in [6.45, 7) is 3.42. The van der Waals surface area contributed by atoms with Crippen LogP contribution in [0, 0.1) is 6.92 Å². The lowest BCUT2D eigenvalue weighted by atomic mass is 10.2. The number of aryl methyl sites for hydroxylation is 1. The molecular weight excluding hydrogens is 368 g/mol. The minimum atomic E-state index is -3.70. The number of ether oxygens (including phenoxy) is 2. The van der Waals surface area contributed by atoms with Crippen LogP contribution in [0.4, 0.5) is 11.4 Å². The van der Waals surface area contributed by atoms with Crippen molar-refractivity contribution in [3.8, 4) is 11.5 Å². The number of methoxy groups -OCH3 is 2. The second kappa shape index (κ2) is 8.30. The van der Waals surface area contributed by atoms with Gasteiger partial charge in [-0.15, -0.1) is 0 Å². The number of anilines is 2. The molecule has 1 amide bonds. The van der Waals surface area contributed by atoms with Gasteiger partial charge < -0.3 is 14.8 Å². The van der Waals surface area contributed by atoms with E-state index in [1.54, 1.807) is 36.4 Å². The highest BCUT2D eigenvalue weighted by atomic mass is 32.2. The maximum absolute atomic E-state index is 12.8. The number of nitrogens with one attached hydrogen (secondary N) is 1. The van der Waals surface area contributed by atoms with Gasteiger partial charge in [0.25, 0.3) is 0 Å². The molecule has 2 aromatic rings. The summed E-state index contributed by atoms with van der Waals surface area (Å²) in [5.41, 5.74) is 1.79. The number of hydrogen-bond acceptors (Lipinski definition) is 5. The Labute approximate surface area is 160 Å². The summed E-state index contributed by atoms with van der Waals surface area (Å²) in [6, 6.07) is 10.9. The smallest absolute Gasteiger partial charge is 0.248 e. The average Bonchev–Trinajstić information content (AvgIpc) is 2.61. The molecule has 27 heavy (non-hydrogen) atoms. The molecule has 0 fully saturated rings. The fraction of sp³-hybridized carbons (Fsp3) is 0.316. The molecule has 2 aromatic carbocycles. The molecule has 0 radical (unpaired) electrons. The Hall–Kier alpha value is -2.74. The summed E-state index contributed by atoms with van der Waals surface area (Å²) in [6.07, 6.45) is 1.06. The Balaban J connectivity index is 2.33. The van der Waals surface area contributed by atoms with Crippen molar-refractivity contribution in [2.75, 3.05) is 30.1 Å². The molecule has 0 aromatic heterocycles. The van der Waals surface area contributed by atoms with Gasteiger partial charge >= 0.3 is 0 Å². The predicted octanol–water partition coefficient (Wildman–Crippen LogP) is 2.81. The summed E-state index contributed by atoms with van der Waals surface area (Å²) in [4.78, 5) is 12.8. The first kappa shape index (κ1) is 20.6. The second-order valence-electron chi connectivity index (χ2n) is 6.13. The molecule has 7 nitrogen and oxygen atoms in total. The second-order valence-corrected chi connectivity index (χ2v) is 7.99. The monoisotopic (exact) mass is 392 g/mol. The number of rotatable bonds is 7. The van der Waals surface area contributed by atoms with E-state index >= 15 is 0 Å². The summed E-state index contributed by atoms with van der Waals surface area (Å²) in [7, 11) is -0.671. The molecule has 1 atom stereocenters. The van der Waals surface area contributed by atoms with E-state index in [1.807, 2.05) is 13.0 Å². The van der Waals surface area contributed by atoms with E-state index in [0.717, 1.165) is 16.1 Å². The molecular formula is C19H24N2O5S. The minimum Gasteiger partial charge on any atom is -0.497 e. The number of sulfonamides is 1. The molecule has 8 heteroatoms. The first-order valence-electron chi connectivity index (χ1n) is 8.26. The Bertz CT molecular complexity index is 910. The van der Waals surface area contributed by atoms with Crippen molar-refractivity contribution in [2.24, 2.45) is 0 Å². The Morgan fingerprint density at radius 3 is 2.22 bits per heavy atom. The number of carbonyl (C=O) groups excluding carboxylic acids is 1. The average molecular weight is 392 g/mol. The summed E-state index contributed by atoms with van der Waals surface area (Å²) < 4.78 is 36.1. The molecule has 146 valence electrons. The fourth-order valence-corrected chi connectivity index (χ4v) is 3.87. The summed E-state index contributed by atoms with van der Waals surface area (Å²) in [5.74, 6) is 0.616. The maximum Gasteiger partial charge on any atom is 0.248 e. The van der Waals surface area contributed by atoms with Gasteiger partial charge in [0, 0.05) is 0 Å².